The van der Waals surface area contributed by atoms with Gasteiger partial charge in [0.05, 0.1) is 12.5 Å². The summed E-state index contributed by atoms with van der Waals surface area (Å²) in [4.78, 5) is 24.8. The lowest BCUT2D eigenvalue weighted by Gasteiger charge is -2.20. The highest BCUT2D eigenvalue weighted by molar-refractivity contribution is 5.79. The van der Waals surface area contributed by atoms with Crippen molar-refractivity contribution in [3.63, 3.8) is 0 Å². The third-order valence-electron chi connectivity index (χ3n) is 4.14. The van der Waals surface area contributed by atoms with E-state index in [4.69, 9.17) is 4.74 Å². The van der Waals surface area contributed by atoms with Gasteiger partial charge in [-0.2, -0.15) is 0 Å². The summed E-state index contributed by atoms with van der Waals surface area (Å²) in [7, 11) is 1.62. The molecule has 0 bridgehead atoms. The third kappa shape index (κ3) is 3.50. The van der Waals surface area contributed by atoms with Crippen LogP contribution in [-0.2, 0) is 11.2 Å². The topological polar surface area (TPSA) is 78.9 Å². The van der Waals surface area contributed by atoms with Gasteiger partial charge in [-0.15, -0.1) is 0 Å². The van der Waals surface area contributed by atoms with Crippen LogP contribution in [0.5, 0.6) is 5.75 Å². The number of carbonyl (C=O) groups excluding carboxylic acids is 1. The molecule has 0 radical (unpaired) electrons. The Bertz CT molecular complexity index is 561. The average Bonchev–Trinajstić information content (AvgIpc) is 2.92. The molecule has 1 saturated heterocycles. The molecule has 6 nitrogen and oxygen atoms in total. The first-order valence-electron chi connectivity index (χ1n) is 7.34. The Morgan fingerprint density at radius 1 is 1.41 bits per heavy atom. The van der Waals surface area contributed by atoms with Crippen LogP contribution in [0.3, 0.4) is 0 Å². The fourth-order valence-electron chi connectivity index (χ4n) is 2.63. The summed E-state index contributed by atoms with van der Waals surface area (Å²) in [5.74, 6) is -0.0480. The number of benzene rings is 1. The lowest BCUT2D eigenvalue weighted by Crippen LogP contribution is -2.41. The molecular formula is C16H22N2O4. The molecule has 22 heavy (non-hydrogen) atoms. The summed E-state index contributed by atoms with van der Waals surface area (Å²) < 4.78 is 5.27. The van der Waals surface area contributed by atoms with Gasteiger partial charge in [0, 0.05) is 19.6 Å². The second-order valence-electron chi connectivity index (χ2n) is 5.83. The van der Waals surface area contributed by atoms with Crippen LogP contribution < -0.4 is 10.1 Å². The van der Waals surface area contributed by atoms with Crippen LogP contribution in [0.15, 0.2) is 24.3 Å². The number of rotatable bonds is 5. The van der Waals surface area contributed by atoms with Gasteiger partial charge >= 0.3 is 12.0 Å². The van der Waals surface area contributed by atoms with Gasteiger partial charge in [0.2, 0.25) is 0 Å². The molecule has 1 fully saturated rings. The quantitative estimate of drug-likeness (QED) is 0.868. The van der Waals surface area contributed by atoms with Crippen molar-refractivity contribution >= 4 is 12.0 Å². The highest BCUT2D eigenvalue weighted by Crippen LogP contribution is 2.29. The van der Waals surface area contributed by atoms with Crippen LogP contribution in [0, 0.1) is 5.41 Å². The molecular weight excluding hydrogens is 284 g/mol. The third-order valence-corrected chi connectivity index (χ3v) is 4.14. The number of carboxylic acid groups (broad SMARTS) is 1. The van der Waals surface area contributed by atoms with E-state index in [2.05, 4.69) is 5.32 Å². The molecule has 1 aromatic rings. The van der Waals surface area contributed by atoms with Crippen LogP contribution in [0.2, 0.25) is 0 Å². The number of hydrogen-bond acceptors (Lipinski definition) is 3. The number of amides is 2. The zero-order valence-electron chi connectivity index (χ0n) is 13.0. The zero-order chi connectivity index (χ0) is 16.2. The van der Waals surface area contributed by atoms with E-state index in [9.17, 15) is 14.7 Å². The first kappa shape index (κ1) is 16.1. The minimum Gasteiger partial charge on any atom is -0.496 e. The Morgan fingerprint density at radius 3 is 2.77 bits per heavy atom. The minimum atomic E-state index is -0.850. The molecule has 2 amide bonds. The van der Waals surface area contributed by atoms with Gasteiger partial charge in [-0.05, 0) is 31.4 Å². The Labute approximate surface area is 130 Å². The number of methoxy groups -OCH3 is 1. The molecule has 1 aliphatic heterocycles. The van der Waals surface area contributed by atoms with Crippen LogP contribution in [0.4, 0.5) is 4.79 Å². The van der Waals surface area contributed by atoms with Gasteiger partial charge in [0.15, 0.2) is 0 Å². The summed E-state index contributed by atoms with van der Waals surface area (Å²) >= 11 is 0. The summed E-state index contributed by atoms with van der Waals surface area (Å²) in [6, 6.07) is 7.47. The van der Waals surface area contributed by atoms with Crippen molar-refractivity contribution in [2.45, 2.75) is 19.8 Å². The second-order valence-corrected chi connectivity index (χ2v) is 5.83. The van der Waals surface area contributed by atoms with Crippen molar-refractivity contribution in [2.75, 3.05) is 26.7 Å². The van der Waals surface area contributed by atoms with Crippen LogP contribution >= 0.6 is 0 Å². The molecule has 1 aromatic carbocycles. The van der Waals surface area contributed by atoms with Crippen LogP contribution in [0.25, 0.3) is 0 Å². The Balaban J connectivity index is 1.83. The lowest BCUT2D eigenvalue weighted by atomic mass is 9.90. The standard InChI is InChI=1S/C16H22N2O4/c1-16(14(19)20)8-10-18(11-16)15(21)17-9-7-12-5-3-4-6-13(12)22-2/h3-6H,7-11H2,1-2H3,(H,17,21)(H,19,20). The first-order chi connectivity index (χ1) is 10.5. The van der Waals surface area contributed by atoms with E-state index in [1.165, 1.54) is 0 Å². The number of carboxylic acids is 1. The van der Waals surface area contributed by atoms with E-state index < -0.39 is 11.4 Å². The van der Waals surface area contributed by atoms with Crippen molar-refractivity contribution in [3.8, 4) is 5.75 Å². The number of carbonyl (C=O) groups is 2. The number of nitrogens with one attached hydrogen (secondary N) is 1. The predicted octanol–water partition coefficient (Wildman–Crippen LogP) is 1.74. The molecule has 2 rings (SSSR count). The van der Waals surface area contributed by atoms with Crippen molar-refractivity contribution in [1.29, 1.82) is 0 Å². The van der Waals surface area contributed by atoms with E-state index >= 15 is 0 Å². The maximum absolute atomic E-state index is 12.1. The molecule has 6 heteroatoms. The molecule has 1 unspecified atom stereocenters. The molecule has 0 spiro atoms. The molecule has 1 atom stereocenters. The number of aliphatic carboxylic acids is 1. The predicted molar refractivity (Wildman–Crippen MR) is 82.0 cm³/mol. The number of likely N-dealkylation sites (tertiary alicyclic amines) is 1. The zero-order valence-corrected chi connectivity index (χ0v) is 13.0. The molecule has 1 aliphatic rings. The number of urea groups is 1. The second kappa shape index (κ2) is 6.68. The average molecular weight is 306 g/mol. The highest BCUT2D eigenvalue weighted by Gasteiger charge is 2.42. The van der Waals surface area contributed by atoms with Crippen LogP contribution in [0.1, 0.15) is 18.9 Å². The monoisotopic (exact) mass is 306 g/mol. The SMILES string of the molecule is COc1ccccc1CCNC(=O)N1CCC(C)(C(=O)O)C1. The van der Waals surface area contributed by atoms with Gasteiger partial charge in [-0.1, -0.05) is 18.2 Å². The highest BCUT2D eigenvalue weighted by atomic mass is 16.5. The molecule has 0 aromatic heterocycles. The molecule has 0 aliphatic carbocycles. The number of hydrogen-bond donors (Lipinski definition) is 2. The lowest BCUT2D eigenvalue weighted by molar-refractivity contribution is -0.146. The smallest absolute Gasteiger partial charge is 0.317 e. The molecule has 0 saturated carbocycles. The molecule has 120 valence electrons. The fourth-order valence-corrected chi connectivity index (χ4v) is 2.63. The van der Waals surface area contributed by atoms with E-state index in [1.807, 2.05) is 24.3 Å². The van der Waals surface area contributed by atoms with Gasteiger partial charge in [-0.25, -0.2) is 4.79 Å². The number of nitrogens with zero attached hydrogens (tertiary/aromatic N) is 1. The van der Waals surface area contributed by atoms with Gasteiger partial charge < -0.3 is 20.1 Å². The maximum atomic E-state index is 12.1. The Morgan fingerprint density at radius 2 is 2.14 bits per heavy atom. The van der Waals surface area contributed by atoms with Crippen molar-refractivity contribution in [1.82, 2.24) is 10.2 Å². The largest absolute Gasteiger partial charge is 0.496 e. The normalized spacial score (nSPS) is 20.7. The summed E-state index contributed by atoms with van der Waals surface area (Å²) in [5, 5.41) is 12.0. The van der Waals surface area contributed by atoms with E-state index in [0.717, 1.165) is 11.3 Å². The first-order valence-corrected chi connectivity index (χ1v) is 7.34. The van der Waals surface area contributed by atoms with Crippen molar-refractivity contribution in [2.24, 2.45) is 5.41 Å². The van der Waals surface area contributed by atoms with Gasteiger partial charge in [0.25, 0.3) is 0 Å². The van der Waals surface area contributed by atoms with E-state index in [1.54, 1.807) is 18.9 Å². The summed E-state index contributed by atoms with van der Waals surface area (Å²) in [5.41, 5.74) is 0.196. The summed E-state index contributed by atoms with van der Waals surface area (Å²) in [6.45, 7) is 2.89. The van der Waals surface area contributed by atoms with E-state index in [-0.39, 0.29) is 12.6 Å². The maximum Gasteiger partial charge on any atom is 0.317 e. The Kier molecular flexibility index (Phi) is 4.90. The molecule has 1 heterocycles. The molecule has 2 N–H and O–H groups in total. The summed E-state index contributed by atoms with van der Waals surface area (Å²) in [6.07, 6.45) is 1.15. The fraction of sp³-hybridized carbons (Fsp3) is 0.500. The van der Waals surface area contributed by atoms with E-state index in [0.29, 0.717) is 25.9 Å². The van der Waals surface area contributed by atoms with Crippen LogP contribution in [-0.4, -0.2) is 48.8 Å². The number of para-hydroxylation sites is 1. The van der Waals surface area contributed by atoms with Crippen molar-refractivity contribution in [3.05, 3.63) is 29.8 Å². The van der Waals surface area contributed by atoms with Crippen molar-refractivity contribution < 1.29 is 19.4 Å². The minimum absolute atomic E-state index is 0.208. The Hall–Kier alpha value is -2.24. The van der Waals surface area contributed by atoms with Gasteiger partial charge in [-0.3, -0.25) is 4.79 Å². The van der Waals surface area contributed by atoms with Gasteiger partial charge in [0.1, 0.15) is 5.75 Å². The number of ether oxygens (including phenoxy) is 1.